The van der Waals surface area contributed by atoms with Gasteiger partial charge in [0.05, 0.1) is 6.54 Å². The zero-order valence-electron chi connectivity index (χ0n) is 19.7. The third kappa shape index (κ3) is 5.46. The number of aliphatic imine (C=N–C) groups is 1. The molecule has 0 fully saturated rings. The zero-order chi connectivity index (χ0) is 23.5. The van der Waals surface area contributed by atoms with E-state index in [4.69, 9.17) is 0 Å². The fraction of sp³-hybridized carbons (Fsp3) is 0.400. The summed E-state index contributed by atoms with van der Waals surface area (Å²) in [4.78, 5) is 31.4. The van der Waals surface area contributed by atoms with Gasteiger partial charge in [-0.25, -0.2) is 0 Å². The summed E-state index contributed by atoms with van der Waals surface area (Å²) in [6.07, 6.45) is 0. The van der Waals surface area contributed by atoms with E-state index in [2.05, 4.69) is 41.7 Å². The lowest BCUT2D eigenvalue weighted by Crippen LogP contribution is -2.38. The van der Waals surface area contributed by atoms with Crippen LogP contribution in [0.4, 0.5) is 11.4 Å². The molecule has 2 aromatic carbocycles. The zero-order valence-corrected chi connectivity index (χ0v) is 19.7. The Bertz CT molecular complexity index is 1040. The maximum atomic E-state index is 12.7. The lowest BCUT2D eigenvalue weighted by Gasteiger charge is -2.25. The van der Waals surface area contributed by atoms with E-state index in [1.54, 1.807) is 18.0 Å². The number of guanidine groups is 1. The van der Waals surface area contributed by atoms with Crippen LogP contribution in [0.15, 0.2) is 47.5 Å². The monoisotopic (exact) mass is 435 g/mol. The molecular weight excluding hydrogens is 402 g/mol. The average Bonchev–Trinajstić information content (AvgIpc) is 3.25. The second-order valence-electron chi connectivity index (χ2n) is 9.34. The van der Waals surface area contributed by atoms with Crippen molar-refractivity contribution in [3.05, 3.63) is 59.2 Å². The number of anilines is 2. The van der Waals surface area contributed by atoms with Gasteiger partial charge in [-0.1, -0.05) is 26.8 Å². The quantitative estimate of drug-likeness (QED) is 0.665. The molecule has 3 N–H and O–H groups in total. The Balaban J connectivity index is 1.87. The van der Waals surface area contributed by atoms with Gasteiger partial charge in [-0.2, -0.15) is 0 Å². The molecule has 0 aliphatic carbocycles. The van der Waals surface area contributed by atoms with E-state index in [-0.39, 0.29) is 23.3 Å². The van der Waals surface area contributed by atoms with Crippen LogP contribution in [-0.2, 0) is 5.41 Å². The highest BCUT2D eigenvalue weighted by Crippen LogP contribution is 2.32. The van der Waals surface area contributed by atoms with Gasteiger partial charge in [-0.05, 0) is 61.2 Å². The van der Waals surface area contributed by atoms with Crippen molar-refractivity contribution in [3.63, 3.8) is 0 Å². The van der Waals surface area contributed by atoms with Crippen molar-refractivity contribution in [2.24, 2.45) is 4.99 Å². The Labute approximate surface area is 190 Å². The van der Waals surface area contributed by atoms with Gasteiger partial charge in [0.1, 0.15) is 0 Å². The SMILES string of the molecule is CC(C)N(C)C(=O)c1cccc(Nc2ccc(C(=O)NC3=NCCN3)cc2C(C)(C)C)c1. The molecule has 1 heterocycles. The third-order valence-electron chi connectivity index (χ3n) is 5.48. The second kappa shape index (κ2) is 9.42. The van der Waals surface area contributed by atoms with E-state index in [0.717, 1.165) is 23.5 Å². The summed E-state index contributed by atoms with van der Waals surface area (Å²) in [5.41, 5.74) is 3.71. The first-order chi connectivity index (χ1) is 15.1. The van der Waals surface area contributed by atoms with Gasteiger partial charge in [0.15, 0.2) is 5.96 Å². The lowest BCUT2D eigenvalue weighted by molar-refractivity contribution is 0.0754. The van der Waals surface area contributed by atoms with Gasteiger partial charge in [0, 0.05) is 42.1 Å². The van der Waals surface area contributed by atoms with Crippen LogP contribution in [0.2, 0.25) is 0 Å². The summed E-state index contributed by atoms with van der Waals surface area (Å²) in [7, 11) is 1.81. The van der Waals surface area contributed by atoms with Crippen LogP contribution in [0.3, 0.4) is 0 Å². The van der Waals surface area contributed by atoms with Crippen LogP contribution in [0.5, 0.6) is 0 Å². The van der Waals surface area contributed by atoms with Gasteiger partial charge in [0.2, 0.25) is 0 Å². The Kier molecular flexibility index (Phi) is 6.87. The summed E-state index contributed by atoms with van der Waals surface area (Å²) >= 11 is 0. The fourth-order valence-electron chi connectivity index (χ4n) is 3.40. The summed E-state index contributed by atoms with van der Waals surface area (Å²) in [5.74, 6) is 0.303. The van der Waals surface area contributed by atoms with Crippen LogP contribution in [0.25, 0.3) is 0 Å². The van der Waals surface area contributed by atoms with Crippen LogP contribution in [-0.4, -0.2) is 48.9 Å². The largest absolute Gasteiger partial charge is 0.355 e. The molecule has 0 bridgehead atoms. The van der Waals surface area contributed by atoms with E-state index in [1.807, 2.05) is 50.2 Å². The van der Waals surface area contributed by atoms with Crippen LogP contribution >= 0.6 is 0 Å². The van der Waals surface area contributed by atoms with Gasteiger partial charge in [-0.3, -0.25) is 19.9 Å². The molecule has 1 aliphatic heterocycles. The number of hydrogen-bond acceptors (Lipinski definition) is 5. The Hall–Kier alpha value is -3.35. The smallest absolute Gasteiger partial charge is 0.257 e. The number of hydrogen-bond donors (Lipinski definition) is 3. The van der Waals surface area contributed by atoms with Crippen molar-refractivity contribution < 1.29 is 9.59 Å². The maximum absolute atomic E-state index is 12.7. The van der Waals surface area contributed by atoms with E-state index in [1.165, 1.54) is 0 Å². The van der Waals surface area contributed by atoms with Crippen LogP contribution in [0, 0.1) is 0 Å². The Morgan fingerprint density at radius 2 is 1.84 bits per heavy atom. The molecule has 0 radical (unpaired) electrons. The van der Waals surface area contributed by atoms with Crippen molar-refractivity contribution in [1.82, 2.24) is 15.5 Å². The van der Waals surface area contributed by atoms with Crippen molar-refractivity contribution in [1.29, 1.82) is 0 Å². The molecule has 0 unspecified atom stereocenters. The predicted molar refractivity (Wildman–Crippen MR) is 130 cm³/mol. The highest BCUT2D eigenvalue weighted by molar-refractivity contribution is 6.06. The highest BCUT2D eigenvalue weighted by atomic mass is 16.2. The molecule has 170 valence electrons. The Morgan fingerprint density at radius 1 is 1.09 bits per heavy atom. The van der Waals surface area contributed by atoms with E-state index < -0.39 is 0 Å². The molecule has 2 aromatic rings. The second-order valence-corrected chi connectivity index (χ2v) is 9.34. The molecule has 0 spiro atoms. The molecule has 7 heteroatoms. The number of amides is 2. The van der Waals surface area contributed by atoms with Crippen molar-refractivity contribution in [2.75, 3.05) is 25.5 Å². The molecule has 32 heavy (non-hydrogen) atoms. The third-order valence-corrected chi connectivity index (χ3v) is 5.48. The van der Waals surface area contributed by atoms with E-state index in [9.17, 15) is 9.59 Å². The molecule has 0 aromatic heterocycles. The molecule has 0 atom stereocenters. The van der Waals surface area contributed by atoms with Crippen LogP contribution < -0.4 is 16.0 Å². The van der Waals surface area contributed by atoms with Crippen molar-refractivity contribution in [2.45, 2.75) is 46.1 Å². The Morgan fingerprint density at radius 3 is 2.47 bits per heavy atom. The first kappa shape index (κ1) is 23.3. The molecule has 0 saturated heterocycles. The number of rotatable bonds is 5. The van der Waals surface area contributed by atoms with Crippen LogP contribution in [0.1, 0.15) is 60.9 Å². The first-order valence-corrected chi connectivity index (χ1v) is 10.9. The summed E-state index contributed by atoms with van der Waals surface area (Å²) in [6, 6.07) is 13.2. The molecule has 7 nitrogen and oxygen atoms in total. The number of nitrogens with one attached hydrogen (secondary N) is 3. The fourth-order valence-corrected chi connectivity index (χ4v) is 3.40. The normalized spacial score (nSPS) is 13.4. The molecule has 3 rings (SSSR count). The molecular formula is C25H33N5O2. The number of carbonyl (C=O) groups excluding carboxylic acids is 2. The summed E-state index contributed by atoms with van der Waals surface area (Å²) in [6.45, 7) is 11.7. The minimum absolute atomic E-state index is 0.0184. The lowest BCUT2D eigenvalue weighted by atomic mass is 9.84. The number of nitrogens with zero attached hydrogens (tertiary/aromatic N) is 2. The first-order valence-electron chi connectivity index (χ1n) is 10.9. The topological polar surface area (TPSA) is 85.8 Å². The minimum atomic E-state index is -0.201. The predicted octanol–water partition coefficient (Wildman–Crippen LogP) is 3.90. The standard InChI is InChI=1S/C25H33N5O2/c1-16(2)30(6)23(32)18-8-7-9-19(14-18)28-21-11-10-17(15-20(21)25(3,4)5)22(31)29-24-26-12-13-27-24/h7-11,14-16,28H,12-13H2,1-6H3,(H2,26,27,29,31). The number of benzene rings is 2. The van der Waals surface area contributed by atoms with Gasteiger partial charge >= 0.3 is 0 Å². The minimum Gasteiger partial charge on any atom is -0.355 e. The van der Waals surface area contributed by atoms with E-state index in [0.29, 0.717) is 23.6 Å². The molecule has 0 saturated carbocycles. The number of carbonyl (C=O) groups is 2. The molecule has 2 amide bonds. The highest BCUT2D eigenvalue weighted by Gasteiger charge is 2.22. The average molecular weight is 436 g/mol. The van der Waals surface area contributed by atoms with Crippen molar-refractivity contribution >= 4 is 29.1 Å². The van der Waals surface area contributed by atoms with E-state index >= 15 is 0 Å². The van der Waals surface area contributed by atoms with Gasteiger partial charge in [0.25, 0.3) is 11.8 Å². The van der Waals surface area contributed by atoms with Gasteiger partial charge in [-0.15, -0.1) is 0 Å². The summed E-state index contributed by atoms with van der Waals surface area (Å²) < 4.78 is 0. The maximum Gasteiger partial charge on any atom is 0.257 e. The summed E-state index contributed by atoms with van der Waals surface area (Å²) in [5, 5.41) is 9.31. The van der Waals surface area contributed by atoms with Crippen molar-refractivity contribution in [3.8, 4) is 0 Å². The van der Waals surface area contributed by atoms with Gasteiger partial charge < -0.3 is 15.5 Å². The molecule has 1 aliphatic rings.